The Hall–Kier alpha value is -8.84. The maximum absolute atomic E-state index is 14.7. The van der Waals surface area contributed by atoms with Gasteiger partial charge in [0.05, 0.1) is 80.1 Å². The van der Waals surface area contributed by atoms with Gasteiger partial charge < -0.3 is 38.1 Å². The van der Waals surface area contributed by atoms with Gasteiger partial charge in [0.25, 0.3) is 0 Å². The van der Waals surface area contributed by atoms with Gasteiger partial charge in [-0.15, -0.1) is 0 Å². The lowest BCUT2D eigenvalue weighted by molar-refractivity contribution is -0.139. The molecule has 0 fully saturated rings. The van der Waals surface area contributed by atoms with E-state index >= 15 is 0 Å². The maximum Gasteiger partial charge on any atom is 0.333 e. The SMILES string of the molecule is C=C(C)C(=O)OCCCCCCOc1ccc(-c2c3nc(c(-c4ccc(OCC(CC)CCCC)c(OCC(CC)CCCC)c4)c4ccc([nH]4)c(-c4ccc(OCC(CC)CCCC)cc4)c4nc(c(-c5ccc(OCC(CC)CCCC)c(OCC(CC)CCCC)c5)c5ccc2n5C=O)C=C4)C=C3)cc1. The van der Waals surface area contributed by atoms with Crippen LogP contribution in [0.5, 0.6) is 34.5 Å². The average molecular weight is 1470 g/mol. The molecule has 7 aromatic rings. The van der Waals surface area contributed by atoms with E-state index in [0.717, 1.165) is 238 Å². The van der Waals surface area contributed by atoms with E-state index in [1.54, 1.807) is 11.5 Å². The average Bonchev–Trinajstić information content (AvgIpc) is 1.60. The Kier molecular flexibility index (Phi) is 33.9. The molecule has 2 aliphatic rings. The summed E-state index contributed by atoms with van der Waals surface area (Å²) < 4.78 is 47.8. The van der Waals surface area contributed by atoms with Gasteiger partial charge in [0, 0.05) is 38.9 Å². The summed E-state index contributed by atoms with van der Waals surface area (Å²) >= 11 is 0. The molecule has 1 N–H and O–H groups in total. The van der Waals surface area contributed by atoms with Gasteiger partial charge in [-0.1, -0.05) is 209 Å². The highest BCUT2D eigenvalue weighted by Crippen LogP contribution is 2.44. The Morgan fingerprint density at radius 2 is 0.741 bits per heavy atom. The van der Waals surface area contributed by atoms with E-state index in [1.165, 1.54) is 6.42 Å². The van der Waals surface area contributed by atoms with Crippen LogP contribution in [0.25, 0.3) is 90.9 Å². The zero-order chi connectivity index (χ0) is 76.6. The second kappa shape index (κ2) is 44.0. The van der Waals surface area contributed by atoms with Crippen molar-refractivity contribution in [2.45, 2.75) is 230 Å². The summed E-state index contributed by atoms with van der Waals surface area (Å²) in [5.41, 5.74) is 12.9. The van der Waals surface area contributed by atoms with Crippen LogP contribution in [-0.2, 0) is 14.3 Å². The molecule has 13 heteroatoms. The number of nitrogens with zero attached hydrogens (tertiary/aromatic N) is 3. The molecule has 13 nitrogen and oxygen atoms in total. The molecule has 0 amide bonds. The van der Waals surface area contributed by atoms with Crippen molar-refractivity contribution in [3.05, 3.63) is 144 Å². The standard InChI is InChI=1S/C95H126N4O9/c1-13-23-32-68(18-6)61-104-78-45-37-73(38-46-78)91-79-47-48-81(96-79)92(75-41-55-87(105-62-69(19-7)33-24-14-2)89(59-75)107-64-71(21-9)35-26-16-4)82-50-51-83(98-82)93(74-39-43-77(44-40-74)102-57-30-28-29-31-58-103-95(101)67(11)12)85-53-54-86(99(85)66-100)94(84-52-49-80(91)97-84)76-42-56-88(106-63-70(20-8)34-25-15-3)90(60-76)108-65-72(22-10)36-27-17-5/h37-56,59-60,66,68-72,96H,11,13-36,57-58,61-65H2,1-10,12H3. The first-order valence-electron chi connectivity index (χ1n) is 41.5. The number of hydrogen-bond acceptors (Lipinski definition) is 11. The van der Waals surface area contributed by atoms with Gasteiger partial charge in [-0.25, -0.2) is 14.8 Å². The van der Waals surface area contributed by atoms with Crippen LogP contribution in [0.2, 0.25) is 0 Å². The van der Waals surface area contributed by atoms with Crippen molar-refractivity contribution in [3.63, 3.8) is 0 Å². The minimum atomic E-state index is -0.354. The summed E-state index contributed by atoms with van der Waals surface area (Å²) in [5, 5.41) is 0. The second-order valence-electron chi connectivity index (χ2n) is 30.0. The number of esters is 1. The maximum atomic E-state index is 14.7. The topological polar surface area (TPSA) is 145 Å². The van der Waals surface area contributed by atoms with Gasteiger partial charge in [0.2, 0.25) is 6.41 Å². The highest BCUT2D eigenvalue weighted by Gasteiger charge is 2.25. The highest BCUT2D eigenvalue weighted by atomic mass is 16.5. The highest BCUT2D eigenvalue weighted by molar-refractivity contribution is 6.02. The number of aromatic nitrogens is 4. The third kappa shape index (κ3) is 23.1. The molecule has 5 unspecified atom stereocenters. The lowest BCUT2D eigenvalue weighted by Gasteiger charge is -2.21. The molecule has 4 aromatic carbocycles. The number of fused-ring (bicyclic) bond motifs is 8. The number of benzene rings is 4. The van der Waals surface area contributed by atoms with Crippen molar-refractivity contribution in [3.8, 4) is 79.0 Å². The number of hydrogen-bond donors (Lipinski definition) is 1. The molecule has 0 aliphatic carbocycles. The molecule has 5 heterocycles. The fourth-order valence-corrected chi connectivity index (χ4v) is 14.5. The van der Waals surface area contributed by atoms with Crippen LogP contribution in [0.15, 0.2) is 121 Å². The second-order valence-corrected chi connectivity index (χ2v) is 30.0. The van der Waals surface area contributed by atoms with E-state index < -0.39 is 0 Å². The monoisotopic (exact) mass is 1470 g/mol. The fraction of sp³-hybridized carbons (Fsp3) is 0.495. The number of unbranched alkanes of at least 4 members (excludes halogenated alkanes) is 8. The number of carbonyl (C=O) groups is 2. The van der Waals surface area contributed by atoms with Crippen molar-refractivity contribution < 1.29 is 42.7 Å². The third-order valence-corrected chi connectivity index (χ3v) is 21.8. The van der Waals surface area contributed by atoms with Crippen molar-refractivity contribution in [1.29, 1.82) is 0 Å². The van der Waals surface area contributed by atoms with Crippen molar-refractivity contribution in [2.75, 3.05) is 46.2 Å². The van der Waals surface area contributed by atoms with Crippen LogP contribution in [0.4, 0.5) is 0 Å². The van der Waals surface area contributed by atoms with E-state index in [0.29, 0.717) is 121 Å². The van der Waals surface area contributed by atoms with Crippen molar-refractivity contribution >= 4 is 58.8 Å². The van der Waals surface area contributed by atoms with E-state index in [2.05, 4.69) is 190 Å². The Bertz CT molecular complexity index is 4220. The number of carbonyl (C=O) groups excluding carboxylic acids is 2. The molecular weight excluding hydrogens is 1340 g/mol. The number of aromatic amines is 1. The van der Waals surface area contributed by atoms with E-state index in [-0.39, 0.29) is 5.97 Å². The molecule has 3 aromatic heterocycles. The number of ether oxygens (including phenoxy) is 7. The largest absolute Gasteiger partial charge is 0.494 e. The summed E-state index contributed by atoms with van der Waals surface area (Å²) in [6, 6.07) is 37.7. The predicted molar refractivity (Wildman–Crippen MR) is 450 cm³/mol. The number of H-pyrrole nitrogens is 1. The molecule has 0 spiro atoms. The van der Waals surface area contributed by atoms with E-state index in [1.807, 2.05) is 24.3 Å². The molecule has 108 heavy (non-hydrogen) atoms. The molecular formula is C95H126N4O9. The normalized spacial score (nSPS) is 13.2. The Morgan fingerprint density at radius 1 is 0.398 bits per heavy atom. The first kappa shape index (κ1) is 83.2. The molecule has 0 saturated carbocycles. The van der Waals surface area contributed by atoms with Gasteiger partial charge in [-0.2, -0.15) is 0 Å². The summed E-state index contributed by atoms with van der Waals surface area (Å²) in [7, 11) is 0. The lowest BCUT2D eigenvalue weighted by atomic mass is 10.00. The zero-order valence-electron chi connectivity index (χ0n) is 67.3. The molecule has 580 valence electrons. The van der Waals surface area contributed by atoms with Gasteiger partial charge in [0.15, 0.2) is 23.0 Å². The van der Waals surface area contributed by atoms with Crippen LogP contribution in [0.3, 0.4) is 0 Å². The summed E-state index contributed by atoms with van der Waals surface area (Å²) in [6.07, 6.45) is 34.8. The Morgan fingerprint density at radius 3 is 1.14 bits per heavy atom. The molecule has 2 aliphatic heterocycles. The summed E-state index contributed by atoms with van der Waals surface area (Å²) in [5.74, 6) is 6.03. The first-order valence-corrected chi connectivity index (χ1v) is 41.5. The molecule has 9 rings (SSSR count). The Balaban J connectivity index is 1.31. The minimum Gasteiger partial charge on any atom is -0.494 e. The smallest absolute Gasteiger partial charge is 0.333 e. The fourth-order valence-electron chi connectivity index (χ4n) is 14.5. The van der Waals surface area contributed by atoms with Crippen LogP contribution >= 0.6 is 0 Å². The van der Waals surface area contributed by atoms with Gasteiger partial charge in [-0.3, -0.25) is 9.36 Å². The minimum absolute atomic E-state index is 0.354. The van der Waals surface area contributed by atoms with Gasteiger partial charge in [0.1, 0.15) is 11.5 Å². The molecule has 0 saturated heterocycles. The molecule has 0 radical (unpaired) electrons. The van der Waals surface area contributed by atoms with Crippen LogP contribution in [0, 0.1) is 29.6 Å². The van der Waals surface area contributed by atoms with Gasteiger partial charge >= 0.3 is 5.97 Å². The first-order chi connectivity index (χ1) is 52.8. The Labute approximate surface area is 646 Å². The predicted octanol–water partition coefficient (Wildman–Crippen LogP) is 25.9. The van der Waals surface area contributed by atoms with Crippen LogP contribution in [0.1, 0.15) is 253 Å². The van der Waals surface area contributed by atoms with Crippen molar-refractivity contribution in [1.82, 2.24) is 19.5 Å². The van der Waals surface area contributed by atoms with Crippen LogP contribution < -0.4 is 28.4 Å². The molecule has 5 atom stereocenters. The van der Waals surface area contributed by atoms with Crippen LogP contribution in [-0.4, -0.2) is 78.1 Å². The quantitative estimate of drug-likeness (QED) is 0.0168. The zero-order valence-corrected chi connectivity index (χ0v) is 67.3. The summed E-state index contributed by atoms with van der Waals surface area (Å²) in [6.45, 7) is 31.7. The van der Waals surface area contributed by atoms with E-state index in [9.17, 15) is 9.59 Å². The lowest BCUT2D eigenvalue weighted by Crippen LogP contribution is -2.14. The van der Waals surface area contributed by atoms with Gasteiger partial charge in [-0.05, 0) is 214 Å². The number of rotatable bonds is 49. The number of nitrogens with one attached hydrogen (secondary N) is 1. The molecule has 8 bridgehead atoms. The third-order valence-electron chi connectivity index (χ3n) is 21.8. The van der Waals surface area contributed by atoms with Crippen molar-refractivity contribution in [2.24, 2.45) is 29.6 Å². The summed E-state index contributed by atoms with van der Waals surface area (Å²) in [4.78, 5) is 42.1. The van der Waals surface area contributed by atoms with E-state index in [4.69, 9.17) is 43.1 Å².